The van der Waals surface area contributed by atoms with Crippen molar-refractivity contribution in [2.45, 2.75) is 19.8 Å². The van der Waals surface area contributed by atoms with Crippen LogP contribution in [0.2, 0.25) is 5.02 Å². The number of benzene rings is 3. The van der Waals surface area contributed by atoms with Gasteiger partial charge >= 0.3 is 0 Å². The molecule has 1 amide bonds. The van der Waals surface area contributed by atoms with E-state index in [-0.39, 0.29) is 5.91 Å². The number of hydrazone groups is 1. The van der Waals surface area contributed by atoms with Crippen molar-refractivity contribution in [2.24, 2.45) is 5.10 Å². The molecular weight excluding hydrogens is 412 g/mol. The number of nitrogens with zero attached hydrogens (tertiary/aromatic N) is 1. The van der Waals surface area contributed by atoms with Crippen molar-refractivity contribution in [3.8, 4) is 11.5 Å². The standard InChI is InChI=1S/C25H25ClN2O3/c1-2-19-11-13-23(14-12-19)30-15-6-16-31-24-10-4-3-7-21(24)18-27-28-25(29)20-8-5-9-22(26)17-20/h3-5,7-14,17-18H,2,6,15-16H2,1H3,(H,28,29). The summed E-state index contributed by atoms with van der Waals surface area (Å²) in [7, 11) is 0. The van der Waals surface area contributed by atoms with E-state index in [9.17, 15) is 4.79 Å². The third kappa shape index (κ3) is 7.15. The zero-order chi connectivity index (χ0) is 21.9. The summed E-state index contributed by atoms with van der Waals surface area (Å²) in [6.07, 6.45) is 3.32. The number of carbonyl (C=O) groups is 1. The lowest BCUT2D eigenvalue weighted by Crippen LogP contribution is -2.17. The van der Waals surface area contributed by atoms with Gasteiger partial charge in [-0.1, -0.05) is 48.9 Å². The molecule has 0 saturated carbocycles. The fourth-order valence-electron chi connectivity index (χ4n) is 2.83. The highest BCUT2D eigenvalue weighted by molar-refractivity contribution is 6.30. The molecule has 0 radical (unpaired) electrons. The highest BCUT2D eigenvalue weighted by Crippen LogP contribution is 2.17. The van der Waals surface area contributed by atoms with Crippen molar-refractivity contribution in [2.75, 3.05) is 13.2 Å². The van der Waals surface area contributed by atoms with Gasteiger partial charge in [-0.3, -0.25) is 4.79 Å². The van der Waals surface area contributed by atoms with Crippen molar-refractivity contribution in [3.05, 3.63) is 94.5 Å². The molecule has 0 aliphatic carbocycles. The topological polar surface area (TPSA) is 59.9 Å². The van der Waals surface area contributed by atoms with Crippen LogP contribution in [-0.2, 0) is 6.42 Å². The van der Waals surface area contributed by atoms with Crippen LogP contribution in [0, 0.1) is 0 Å². The second kappa shape index (κ2) is 11.8. The van der Waals surface area contributed by atoms with Crippen LogP contribution in [0.3, 0.4) is 0 Å². The molecule has 0 heterocycles. The van der Waals surface area contributed by atoms with Gasteiger partial charge in [0.25, 0.3) is 5.91 Å². The molecule has 0 aromatic heterocycles. The number of nitrogens with one attached hydrogen (secondary N) is 1. The Hall–Kier alpha value is -3.31. The normalized spacial score (nSPS) is 10.8. The van der Waals surface area contributed by atoms with Crippen LogP contribution in [0.5, 0.6) is 11.5 Å². The molecular formula is C25H25ClN2O3. The number of amides is 1. The van der Waals surface area contributed by atoms with E-state index in [1.807, 2.05) is 36.4 Å². The Morgan fingerprint density at radius 2 is 1.77 bits per heavy atom. The van der Waals surface area contributed by atoms with Crippen molar-refractivity contribution in [1.82, 2.24) is 5.43 Å². The van der Waals surface area contributed by atoms with E-state index in [2.05, 4.69) is 29.6 Å². The van der Waals surface area contributed by atoms with Crippen LogP contribution < -0.4 is 14.9 Å². The van der Waals surface area contributed by atoms with Gasteiger partial charge < -0.3 is 9.47 Å². The summed E-state index contributed by atoms with van der Waals surface area (Å²) in [5, 5.41) is 4.53. The zero-order valence-electron chi connectivity index (χ0n) is 17.4. The molecule has 31 heavy (non-hydrogen) atoms. The van der Waals surface area contributed by atoms with Crippen LogP contribution >= 0.6 is 11.6 Å². The fourth-order valence-corrected chi connectivity index (χ4v) is 3.02. The lowest BCUT2D eigenvalue weighted by molar-refractivity contribution is 0.0955. The number of ether oxygens (including phenoxy) is 2. The summed E-state index contributed by atoms with van der Waals surface area (Å²) in [5.41, 5.74) is 5.00. The number of carbonyl (C=O) groups excluding carboxylic acids is 1. The number of hydrogen-bond donors (Lipinski definition) is 1. The van der Waals surface area contributed by atoms with Gasteiger partial charge in [0.15, 0.2) is 0 Å². The van der Waals surface area contributed by atoms with Crippen molar-refractivity contribution < 1.29 is 14.3 Å². The molecule has 0 atom stereocenters. The maximum absolute atomic E-state index is 12.1. The van der Waals surface area contributed by atoms with Gasteiger partial charge in [-0.15, -0.1) is 0 Å². The van der Waals surface area contributed by atoms with Gasteiger partial charge in [-0.25, -0.2) is 5.43 Å². The van der Waals surface area contributed by atoms with E-state index in [0.29, 0.717) is 29.5 Å². The second-order valence-electron chi connectivity index (χ2n) is 6.80. The maximum Gasteiger partial charge on any atom is 0.271 e. The van der Waals surface area contributed by atoms with E-state index >= 15 is 0 Å². The molecule has 6 heteroatoms. The third-order valence-corrected chi connectivity index (χ3v) is 4.76. The lowest BCUT2D eigenvalue weighted by Gasteiger charge is -2.10. The molecule has 160 valence electrons. The molecule has 3 aromatic carbocycles. The SMILES string of the molecule is CCc1ccc(OCCCOc2ccccc2C=NNC(=O)c2cccc(Cl)c2)cc1. The third-order valence-electron chi connectivity index (χ3n) is 4.52. The Morgan fingerprint density at radius 1 is 1.00 bits per heavy atom. The average molecular weight is 437 g/mol. The summed E-state index contributed by atoms with van der Waals surface area (Å²) in [4.78, 5) is 12.1. The molecule has 0 aliphatic heterocycles. The Morgan fingerprint density at radius 3 is 2.55 bits per heavy atom. The average Bonchev–Trinajstić information content (AvgIpc) is 2.80. The highest BCUT2D eigenvalue weighted by Gasteiger charge is 2.05. The van der Waals surface area contributed by atoms with E-state index in [4.69, 9.17) is 21.1 Å². The highest BCUT2D eigenvalue weighted by atomic mass is 35.5. The lowest BCUT2D eigenvalue weighted by atomic mass is 10.2. The first kappa shape index (κ1) is 22.4. The molecule has 0 bridgehead atoms. The summed E-state index contributed by atoms with van der Waals surface area (Å²) in [6, 6.07) is 22.3. The first-order valence-electron chi connectivity index (χ1n) is 10.2. The van der Waals surface area contributed by atoms with Gasteiger partial charge in [0, 0.05) is 22.6 Å². The van der Waals surface area contributed by atoms with Gasteiger partial charge in [0.05, 0.1) is 19.4 Å². The van der Waals surface area contributed by atoms with Crippen molar-refractivity contribution in [1.29, 1.82) is 0 Å². The smallest absolute Gasteiger partial charge is 0.271 e. The molecule has 3 aromatic rings. The van der Waals surface area contributed by atoms with Gasteiger partial charge in [0.1, 0.15) is 11.5 Å². The number of halogens is 1. The molecule has 0 fully saturated rings. The van der Waals surface area contributed by atoms with Crippen LogP contribution in [0.4, 0.5) is 0 Å². The van der Waals surface area contributed by atoms with Crippen LogP contribution in [0.25, 0.3) is 0 Å². The summed E-state index contributed by atoms with van der Waals surface area (Å²) < 4.78 is 11.6. The van der Waals surface area contributed by atoms with Crippen LogP contribution in [-0.4, -0.2) is 25.3 Å². The number of para-hydroxylation sites is 1. The Bertz CT molecular complexity index is 1020. The van der Waals surface area contributed by atoms with Gasteiger partial charge in [0.2, 0.25) is 0 Å². The monoisotopic (exact) mass is 436 g/mol. The quantitative estimate of drug-likeness (QED) is 0.259. The van der Waals surface area contributed by atoms with Crippen LogP contribution in [0.15, 0.2) is 77.9 Å². The van der Waals surface area contributed by atoms with Gasteiger partial charge in [-0.05, 0) is 54.4 Å². The Labute approximate surface area is 187 Å². The molecule has 5 nitrogen and oxygen atoms in total. The first-order chi connectivity index (χ1) is 15.2. The summed E-state index contributed by atoms with van der Waals surface area (Å²) in [6.45, 7) is 3.20. The molecule has 0 unspecified atom stereocenters. The van der Waals surface area contributed by atoms with Crippen molar-refractivity contribution in [3.63, 3.8) is 0 Å². The van der Waals surface area contributed by atoms with Crippen molar-refractivity contribution >= 4 is 23.7 Å². The molecule has 1 N–H and O–H groups in total. The number of rotatable bonds is 10. The molecule has 0 aliphatic rings. The molecule has 0 spiro atoms. The number of aryl methyl sites for hydroxylation is 1. The number of hydrogen-bond acceptors (Lipinski definition) is 4. The summed E-state index contributed by atoms with van der Waals surface area (Å²) in [5.74, 6) is 1.22. The fraction of sp³-hybridized carbons (Fsp3) is 0.200. The van der Waals surface area contributed by atoms with E-state index in [1.54, 1.807) is 30.5 Å². The predicted molar refractivity (Wildman–Crippen MR) is 124 cm³/mol. The Balaban J connectivity index is 1.46. The summed E-state index contributed by atoms with van der Waals surface area (Å²) >= 11 is 5.91. The second-order valence-corrected chi connectivity index (χ2v) is 7.23. The minimum Gasteiger partial charge on any atom is -0.493 e. The molecule has 3 rings (SSSR count). The van der Waals surface area contributed by atoms with E-state index in [0.717, 1.165) is 24.2 Å². The minimum atomic E-state index is -0.332. The van der Waals surface area contributed by atoms with E-state index < -0.39 is 0 Å². The van der Waals surface area contributed by atoms with E-state index in [1.165, 1.54) is 5.56 Å². The minimum absolute atomic E-state index is 0.332. The van der Waals surface area contributed by atoms with Gasteiger partial charge in [-0.2, -0.15) is 5.10 Å². The van der Waals surface area contributed by atoms with Crippen LogP contribution in [0.1, 0.15) is 34.8 Å². The zero-order valence-corrected chi connectivity index (χ0v) is 18.1. The predicted octanol–water partition coefficient (Wildman–Crippen LogP) is 5.51. The Kier molecular flexibility index (Phi) is 8.49. The maximum atomic E-state index is 12.1. The largest absolute Gasteiger partial charge is 0.493 e. The first-order valence-corrected chi connectivity index (χ1v) is 10.6. The molecule has 0 saturated heterocycles.